The quantitative estimate of drug-likeness (QED) is 0.225. The molecule has 0 amide bonds. The van der Waals surface area contributed by atoms with E-state index < -0.39 is 0 Å². The van der Waals surface area contributed by atoms with E-state index in [4.69, 9.17) is 4.74 Å². The summed E-state index contributed by atoms with van der Waals surface area (Å²) in [4.78, 5) is 5.02. The van der Waals surface area contributed by atoms with E-state index in [0.29, 0.717) is 5.92 Å². The molecule has 1 saturated carbocycles. The number of nitrogens with zero attached hydrogens (tertiary/aromatic N) is 2. The van der Waals surface area contributed by atoms with E-state index in [1.165, 1.54) is 59.0 Å². The molecule has 2 aliphatic heterocycles. The predicted molar refractivity (Wildman–Crippen MR) is 183 cm³/mol. The van der Waals surface area contributed by atoms with E-state index in [-0.39, 0.29) is 12.3 Å². The molecule has 3 nitrogen and oxygen atoms in total. The van der Waals surface area contributed by atoms with Crippen LogP contribution in [-0.2, 0) is 0 Å². The van der Waals surface area contributed by atoms with Gasteiger partial charge in [0.2, 0.25) is 0 Å². The van der Waals surface area contributed by atoms with Crippen LogP contribution >= 0.6 is 0 Å². The second-order valence-electron chi connectivity index (χ2n) is 12.8. The number of hydrogen-bond donors (Lipinski definition) is 0. The first-order valence-corrected chi connectivity index (χ1v) is 15.9. The zero-order valence-corrected chi connectivity index (χ0v) is 26.1. The van der Waals surface area contributed by atoms with Gasteiger partial charge in [-0.2, -0.15) is 0 Å². The molecule has 0 spiro atoms. The molecule has 1 fully saturated rings. The number of hydrogen-bond acceptors (Lipinski definition) is 3. The molecule has 0 bridgehead atoms. The molecule has 0 aromatic heterocycles. The minimum atomic E-state index is 0.0508. The maximum Gasteiger partial charge on any atom is 0.251 e. The standard InChI is InChI=1S/C39H41BN2O/c1-6-27(2)38-29(4)40-33-24-23-32(41(30-17-9-7-10-18-30)31-19-11-8-12-20-31)26-36(33)43-35-22-15-21-34(37(35)40)42(38)39(5)25-14-13-16-28(39)3/h6-12,15,17-24,26,28H,13-14,16,25H2,1-5H3/b27-6-/t28?,39-/m0/s1. The monoisotopic (exact) mass is 564 g/mol. The van der Waals surface area contributed by atoms with Gasteiger partial charge in [0, 0.05) is 40.1 Å². The molecular weight excluding hydrogens is 523 g/mol. The Morgan fingerprint density at radius 3 is 2.23 bits per heavy atom. The summed E-state index contributed by atoms with van der Waals surface area (Å²) in [6, 6.07) is 34.7. The molecular formula is C39H41BN2O. The Balaban J connectivity index is 1.41. The molecule has 43 heavy (non-hydrogen) atoms. The first-order valence-electron chi connectivity index (χ1n) is 15.9. The van der Waals surface area contributed by atoms with Gasteiger partial charge < -0.3 is 14.5 Å². The number of allylic oxidation sites excluding steroid dienone is 3. The molecule has 216 valence electrons. The van der Waals surface area contributed by atoms with Crippen LogP contribution in [0.1, 0.15) is 60.3 Å². The SMILES string of the molecule is C/C=C(/C)C1=C(C)B2c3ccc(N(c4ccccc4)c4ccccc4)cc3Oc3cccc(c32)N1[C@@]1(C)CCCCC1C. The minimum Gasteiger partial charge on any atom is -0.458 e. The second-order valence-corrected chi connectivity index (χ2v) is 12.8. The zero-order valence-electron chi connectivity index (χ0n) is 26.1. The van der Waals surface area contributed by atoms with Crippen LogP contribution in [0.5, 0.6) is 11.5 Å². The smallest absolute Gasteiger partial charge is 0.251 e. The Morgan fingerprint density at radius 2 is 1.58 bits per heavy atom. The molecule has 4 aromatic rings. The fourth-order valence-corrected chi connectivity index (χ4v) is 7.83. The largest absolute Gasteiger partial charge is 0.458 e. The van der Waals surface area contributed by atoms with Crippen molar-refractivity contribution < 1.29 is 4.74 Å². The van der Waals surface area contributed by atoms with Crippen molar-refractivity contribution in [3.05, 3.63) is 120 Å². The zero-order chi connectivity index (χ0) is 29.7. The summed E-state index contributed by atoms with van der Waals surface area (Å²) in [6.07, 6.45) is 7.36. The summed E-state index contributed by atoms with van der Waals surface area (Å²) in [5.41, 5.74) is 11.4. The number of rotatable bonds is 5. The van der Waals surface area contributed by atoms with Crippen LogP contribution in [0.15, 0.2) is 120 Å². The van der Waals surface area contributed by atoms with Crippen LogP contribution in [0.3, 0.4) is 0 Å². The molecule has 0 radical (unpaired) electrons. The molecule has 1 unspecified atom stereocenters. The highest BCUT2D eigenvalue weighted by Crippen LogP contribution is 2.48. The second kappa shape index (κ2) is 10.8. The lowest BCUT2D eigenvalue weighted by Gasteiger charge is -2.54. The number of anilines is 4. The lowest BCUT2D eigenvalue weighted by atomic mass is 9.33. The Hall–Kier alpha value is -4.18. The van der Waals surface area contributed by atoms with Gasteiger partial charge in [0.25, 0.3) is 6.71 Å². The average molecular weight is 565 g/mol. The third-order valence-corrected chi connectivity index (χ3v) is 10.4. The van der Waals surface area contributed by atoms with Crippen molar-refractivity contribution in [3.63, 3.8) is 0 Å². The van der Waals surface area contributed by atoms with Crippen LogP contribution in [0.25, 0.3) is 0 Å². The van der Waals surface area contributed by atoms with Crippen molar-refractivity contribution in [2.75, 3.05) is 9.80 Å². The van der Waals surface area contributed by atoms with Crippen molar-refractivity contribution in [2.24, 2.45) is 5.92 Å². The van der Waals surface area contributed by atoms with Crippen LogP contribution in [0.4, 0.5) is 22.7 Å². The van der Waals surface area contributed by atoms with Crippen molar-refractivity contribution in [1.29, 1.82) is 0 Å². The fourth-order valence-electron chi connectivity index (χ4n) is 7.83. The number of ether oxygens (including phenoxy) is 1. The Labute approximate surface area is 257 Å². The maximum atomic E-state index is 6.86. The number of para-hydroxylation sites is 2. The first kappa shape index (κ1) is 27.6. The molecule has 2 heterocycles. The van der Waals surface area contributed by atoms with Crippen molar-refractivity contribution in [1.82, 2.24) is 0 Å². The highest BCUT2D eigenvalue weighted by Gasteiger charge is 2.48. The van der Waals surface area contributed by atoms with Crippen LogP contribution in [0.2, 0.25) is 0 Å². The molecule has 2 atom stereocenters. The van der Waals surface area contributed by atoms with Gasteiger partial charge >= 0.3 is 0 Å². The van der Waals surface area contributed by atoms with E-state index in [0.717, 1.165) is 28.6 Å². The van der Waals surface area contributed by atoms with Gasteiger partial charge in [0.05, 0.1) is 0 Å². The van der Waals surface area contributed by atoms with Gasteiger partial charge in [0.15, 0.2) is 0 Å². The van der Waals surface area contributed by atoms with E-state index in [9.17, 15) is 0 Å². The summed E-state index contributed by atoms with van der Waals surface area (Å²) in [7, 11) is 0. The Kier molecular flexibility index (Phi) is 6.96. The molecule has 3 aliphatic rings. The lowest BCUT2D eigenvalue weighted by molar-refractivity contribution is 0.219. The summed E-state index contributed by atoms with van der Waals surface area (Å²) < 4.78 is 6.86. The van der Waals surface area contributed by atoms with E-state index in [1.54, 1.807) is 0 Å². The molecule has 7 rings (SSSR count). The lowest BCUT2D eigenvalue weighted by Crippen LogP contribution is -2.60. The predicted octanol–water partition coefficient (Wildman–Crippen LogP) is 9.44. The van der Waals surface area contributed by atoms with Gasteiger partial charge in [-0.3, -0.25) is 0 Å². The molecule has 1 aliphatic carbocycles. The van der Waals surface area contributed by atoms with E-state index in [2.05, 4.69) is 148 Å². The fraction of sp³-hybridized carbons (Fsp3) is 0.282. The topological polar surface area (TPSA) is 15.7 Å². The van der Waals surface area contributed by atoms with Crippen LogP contribution in [-0.4, -0.2) is 12.3 Å². The van der Waals surface area contributed by atoms with Crippen molar-refractivity contribution >= 4 is 40.4 Å². The van der Waals surface area contributed by atoms with Crippen LogP contribution in [0, 0.1) is 5.92 Å². The van der Waals surface area contributed by atoms with Crippen molar-refractivity contribution in [2.45, 2.75) is 65.8 Å². The Morgan fingerprint density at radius 1 is 0.884 bits per heavy atom. The third kappa shape index (κ3) is 4.42. The summed E-state index contributed by atoms with van der Waals surface area (Å²) in [6.45, 7) is 11.9. The molecule has 4 aromatic carbocycles. The number of fused-ring (bicyclic) bond motifs is 2. The van der Waals surface area contributed by atoms with Gasteiger partial charge in [-0.25, -0.2) is 0 Å². The van der Waals surface area contributed by atoms with Crippen molar-refractivity contribution in [3.8, 4) is 11.5 Å². The summed E-state index contributed by atoms with van der Waals surface area (Å²) >= 11 is 0. The summed E-state index contributed by atoms with van der Waals surface area (Å²) in [5, 5.41) is 0. The first-order chi connectivity index (χ1) is 20.9. The van der Waals surface area contributed by atoms with Gasteiger partial charge in [0.1, 0.15) is 11.5 Å². The third-order valence-electron chi connectivity index (χ3n) is 10.4. The van der Waals surface area contributed by atoms with Gasteiger partial charge in [-0.15, -0.1) is 0 Å². The average Bonchev–Trinajstić information content (AvgIpc) is 3.04. The normalized spacial score (nSPS) is 21.2. The van der Waals surface area contributed by atoms with Gasteiger partial charge in [-0.05, 0) is 105 Å². The Bertz CT molecular complexity index is 1690. The molecule has 4 heteroatoms. The minimum absolute atomic E-state index is 0.0508. The molecule has 0 saturated heterocycles. The highest BCUT2D eigenvalue weighted by molar-refractivity contribution is 6.93. The maximum absolute atomic E-state index is 6.86. The highest BCUT2D eigenvalue weighted by atomic mass is 16.5. The number of benzene rings is 4. The molecule has 0 N–H and O–H groups in total. The van der Waals surface area contributed by atoms with E-state index >= 15 is 0 Å². The van der Waals surface area contributed by atoms with Gasteiger partial charge in [-0.1, -0.05) is 79.8 Å². The van der Waals surface area contributed by atoms with E-state index in [1.807, 2.05) is 0 Å². The van der Waals surface area contributed by atoms with Crippen LogP contribution < -0.4 is 25.5 Å². The summed E-state index contributed by atoms with van der Waals surface area (Å²) in [5.74, 6) is 2.51.